The van der Waals surface area contributed by atoms with Gasteiger partial charge in [0.1, 0.15) is 0 Å². The third-order valence-corrected chi connectivity index (χ3v) is 4.73. The number of rotatable bonds is 3. The number of amides is 2. The van der Waals surface area contributed by atoms with Crippen LogP contribution in [0.15, 0.2) is 22.9 Å². The van der Waals surface area contributed by atoms with Crippen LogP contribution >= 0.6 is 0 Å². The van der Waals surface area contributed by atoms with Crippen molar-refractivity contribution in [2.24, 2.45) is 0 Å². The molecule has 136 valence electrons. The number of hydrogen-bond acceptors (Lipinski definition) is 5. The number of nitrogens with zero attached hydrogens (tertiary/aromatic N) is 2. The molecule has 8 heteroatoms. The van der Waals surface area contributed by atoms with Crippen molar-refractivity contribution in [3.05, 3.63) is 35.3 Å². The number of cyclic esters (lactones) is 1. The number of aryl methyl sites for hydroxylation is 1. The summed E-state index contributed by atoms with van der Waals surface area (Å²) in [6.07, 6.45) is 2.03. The van der Waals surface area contributed by atoms with Gasteiger partial charge in [0.15, 0.2) is 17.7 Å². The molecule has 1 aromatic carbocycles. The van der Waals surface area contributed by atoms with Crippen molar-refractivity contribution >= 4 is 17.7 Å². The number of aromatic nitrogens is 1. The summed E-state index contributed by atoms with van der Waals surface area (Å²) in [6.45, 7) is 2.18. The predicted molar refractivity (Wildman–Crippen MR) is 90.2 cm³/mol. The Morgan fingerprint density at radius 3 is 3.08 bits per heavy atom. The van der Waals surface area contributed by atoms with E-state index in [9.17, 15) is 9.59 Å². The number of carbonyl (C=O) groups excluding carboxylic acids is 2. The largest absolute Gasteiger partial charge is 0.434 e. The second-order valence-electron chi connectivity index (χ2n) is 6.34. The summed E-state index contributed by atoms with van der Waals surface area (Å²) in [5.41, 5.74) is 2.22. The number of benzene rings is 1. The van der Waals surface area contributed by atoms with Crippen molar-refractivity contribution in [1.82, 2.24) is 10.5 Å². The van der Waals surface area contributed by atoms with Crippen LogP contribution in [0.2, 0.25) is 0 Å². The number of carbonyl (C=O) groups is 2. The Morgan fingerprint density at radius 2 is 2.27 bits per heavy atom. The number of ether oxygens (including phenoxy) is 1. The summed E-state index contributed by atoms with van der Waals surface area (Å²) in [5, 5.41) is 6.41. The van der Waals surface area contributed by atoms with E-state index in [1.54, 1.807) is 19.2 Å². The quantitative estimate of drug-likeness (QED) is 0.910. The molecule has 0 bridgehead atoms. The molecule has 1 saturated heterocycles. The maximum absolute atomic E-state index is 15.2. The Bertz CT molecular complexity index is 879. The molecule has 2 aliphatic rings. The third-order valence-electron chi connectivity index (χ3n) is 4.73. The minimum atomic E-state index is -0.943. The molecule has 2 amide bonds. The summed E-state index contributed by atoms with van der Waals surface area (Å²) in [6, 6.07) is 3.25. The maximum atomic E-state index is 15.2. The van der Waals surface area contributed by atoms with Gasteiger partial charge in [-0.15, -0.1) is 0 Å². The Morgan fingerprint density at radius 1 is 1.42 bits per heavy atom. The van der Waals surface area contributed by atoms with E-state index in [1.807, 2.05) is 0 Å². The highest BCUT2D eigenvalue weighted by atomic mass is 19.1. The molecule has 1 atom stereocenters. The van der Waals surface area contributed by atoms with Crippen molar-refractivity contribution in [3.63, 3.8) is 0 Å². The van der Waals surface area contributed by atoms with E-state index in [0.29, 0.717) is 29.9 Å². The maximum Gasteiger partial charge on any atom is 0.415 e. The van der Waals surface area contributed by atoms with Crippen LogP contribution in [0.4, 0.5) is 14.9 Å². The smallest absolute Gasteiger partial charge is 0.415 e. The molecular formula is C18H18FN3O4. The first kappa shape index (κ1) is 16.6. The van der Waals surface area contributed by atoms with Gasteiger partial charge in [-0.25, -0.2) is 9.18 Å². The first-order chi connectivity index (χ1) is 12.6. The summed E-state index contributed by atoms with van der Waals surface area (Å²) >= 11 is 0. The zero-order valence-corrected chi connectivity index (χ0v) is 14.3. The van der Waals surface area contributed by atoms with E-state index in [2.05, 4.69) is 10.5 Å². The molecule has 2 heterocycles. The van der Waals surface area contributed by atoms with Crippen molar-refractivity contribution in [1.29, 1.82) is 0 Å². The standard InChI is InChI=1S/C18H18FN3O4/c1-2-20-17(23)14-9-22(18(24)25-14)13-7-6-12-11(15(13)19)5-3-4-10-8-21-26-16(10)12/h6-8,14H,2-5,9H2,1H3,(H,20,23)/t14-/m1/s1. The van der Waals surface area contributed by atoms with E-state index in [1.165, 1.54) is 11.0 Å². The van der Waals surface area contributed by atoms with Crippen LogP contribution in [0.25, 0.3) is 11.3 Å². The molecule has 1 aliphatic heterocycles. The van der Waals surface area contributed by atoms with Gasteiger partial charge in [-0.2, -0.15) is 0 Å². The molecule has 7 nitrogen and oxygen atoms in total. The zero-order chi connectivity index (χ0) is 18.3. The van der Waals surface area contributed by atoms with Gasteiger partial charge in [-0.1, -0.05) is 5.16 Å². The second kappa shape index (κ2) is 6.44. The number of nitrogens with one attached hydrogen (secondary N) is 1. The van der Waals surface area contributed by atoms with Crippen LogP contribution in [0, 0.1) is 5.82 Å². The van der Waals surface area contributed by atoms with Crippen molar-refractivity contribution < 1.29 is 23.2 Å². The van der Waals surface area contributed by atoms with E-state index < -0.39 is 18.0 Å². The molecule has 0 spiro atoms. The van der Waals surface area contributed by atoms with E-state index in [-0.39, 0.29) is 18.1 Å². The summed E-state index contributed by atoms with van der Waals surface area (Å²) in [7, 11) is 0. The molecule has 2 aromatic rings. The van der Waals surface area contributed by atoms with E-state index in [4.69, 9.17) is 9.26 Å². The normalized spacial score (nSPS) is 18.8. The topological polar surface area (TPSA) is 84.7 Å². The van der Waals surface area contributed by atoms with Crippen molar-refractivity contribution in [2.75, 3.05) is 18.0 Å². The second-order valence-corrected chi connectivity index (χ2v) is 6.34. The highest BCUT2D eigenvalue weighted by Crippen LogP contribution is 2.38. The molecule has 4 rings (SSSR count). The van der Waals surface area contributed by atoms with Crippen LogP contribution < -0.4 is 10.2 Å². The molecule has 1 aromatic heterocycles. The Hall–Kier alpha value is -2.90. The zero-order valence-electron chi connectivity index (χ0n) is 14.3. The lowest BCUT2D eigenvalue weighted by molar-refractivity contribution is -0.127. The number of halogens is 1. The molecule has 1 aliphatic carbocycles. The molecule has 0 saturated carbocycles. The van der Waals surface area contributed by atoms with Gasteiger partial charge in [0, 0.05) is 23.2 Å². The summed E-state index contributed by atoms with van der Waals surface area (Å²) < 4.78 is 25.6. The van der Waals surface area contributed by atoms with Crippen molar-refractivity contribution in [3.8, 4) is 11.3 Å². The Kier molecular flexibility index (Phi) is 4.10. The summed E-state index contributed by atoms with van der Waals surface area (Å²) in [4.78, 5) is 25.2. The number of fused-ring (bicyclic) bond motifs is 3. The lowest BCUT2D eigenvalue weighted by Crippen LogP contribution is -2.37. The molecule has 0 unspecified atom stereocenters. The fourth-order valence-electron chi connectivity index (χ4n) is 3.47. The summed E-state index contributed by atoms with van der Waals surface area (Å²) in [5.74, 6) is -0.294. The average Bonchev–Trinajstić information content (AvgIpc) is 3.19. The van der Waals surface area contributed by atoms with Gasteiger partial charge < -0.3 is 14.6 Å². The number of likely N-dealkylation sites (N-methyl/N-ethyl adjacent to an activating group) is 1. The van der Waals surface area contributed by atoms with Gasteiger partial charge in [-0.3, -0.25) is 9.69 Å². The highest BCUT2D eigenvalue weighted by Gasteiger charge is 2.38. The fourth-order valence-corrected chi connectivity index (χ4v) is 3.47. The average molecular weight is 359 g/mol. The molecular weight excluding hydrogens is 341 g/mol. The van der Waals surface area contributed by atoms with Gasteiger partial charge in [-0.05, 0) is 38.3 Å². The van der Waals surface area contributed by atoms with Crippen LogP contribution in [-0.4, -0.2) is 36.4 Å². The first-order valence-electron chi connectivity index (χ1n) is 8.61. The van der Waals surface area contributed by atoms with Crippen LogP contribution in [0.3, 0.4) is 0 Å². The monoisotopic (exact) mass is 359 g/mol. The van der Waals surface area contributed by atoms with Gasteiger partial charge >= 0.3 is 6.09 Å². The van der Waals surface area contributed by atoms with Crippen LogP contribution in [-0.2, 0) is 22.4 Å². The van der Waals surface area contributed by atoms with Crippen LogP contribution in [0.1, 0.15) is 24.5 Å². The van der Waals surface area contributed by atoms with Gasteiger partial charge in [0.2, 0.25) is 0 Å². The molecule has 26 heavy (non-hydrogen) atoms. The van der Waals surface area contributed by atoms with E-state index >= 15 is 4.39 Å². The number of anilines is 1. The molecule has 1 N–H and O–H groups in total. The molecule has 1 fully saturated rings. The fraction of sp³-hybridized carbons (Fsp3) is 0.389. The Labute approximate surface area is 149 Å². The molecule has 0 radical (unpaired) electrons. The minimum absolute atomic E-state index is 0.0199. The Balaban J connectivity index is 1.68. The van der Waals surface area contributed by atoms with Crippen LogP contribution in [0.5, 0.6) is 0 Å². The number of hydrogen-bond donors (Lipinski definition) is 1. The third kappa shape index (κ3) is 2.61. The lowest BCUT2D eigenvalue weighted by Gasteiger charge is -2.17. The highest BCUT2D eigenvalue weighted by molar-refractivity contribution is 5.96. The SMILES string of the molecule is CCNC(=O)[C@H]1CN(c2ccc3c(c2F)CCCc2cnoc2-3)C(=O)O1. The minimum Gasteiger partial charge on any atom is -0.434 e. The predicted octanol–water partition coefficient (Wildman–Crippen LogP) is 2.43. The van der Waals surface area contributed by atoms with E-state index in [0.717, 1.165) is 18.4 Å². The lowest BCUT2D eigenvalue weighted by atomic mass is 10.0. The van der Waals surface area contributed by atoms with Gasteiger partial charge in [0.05, 0.1) is 18.4 Å². The first-order valence-corrected chi connectivity index (χ1v) is 8.61. The van der Waals surface area contributed by atoms with Crippen molar-refractivity contribution in [2.45, 2.75) is 32.3 Å². The van der Waals surface area contributed by atoms with Gasteiger partial charge in [0.25, 0.3) is 5.91 Å².